The summed E-state index contributed by atoms with van der Waals surface area (Å²) in [6, 6.07) is 1.60. The second-order valence-corrected chi connectivity index (χ2v) is 1.58. The minimum Gasteiger partial charge on any atom is -0.363 e. The highest BCUT2D eigenvalue weighted by Crippen LogP contribution is 1.91. The Labute approximate surface area is 52.3 Å². The van der Waals surface area contributed by atoms with Gasteiger partial charge in [-0.25, -0.2) is 0 Å². The lowest BCUT2D eigenvalue weighted by Crippen LogP contribution is -2.27. The van der Waals surface area contributed by atoms with Crippen LogP contribution in [0, 0.1) is 17.2 Å². The van der Waals surface area contributed by atoms with Gasteiger partial charge in [0.1, 0.15) is 5.92 Å². The van der Waals surface area contributed by atoms with Crippen LogP contribution in [0.2, 0.25) is 0 Å². The molecule has 0 spiro atoms. The van der Waals surface area contributed by atoms with E-state index in [9.17, 15) is 9.59 Å². The molecule has 0 saturated carbocycles. The zero-order valence-electron chi connectivity index (χ0n) is 4.92. The molecule has 1 atom stereocenters. The van der Waals surface area contributed by atoms with Gasteiger partial charge in [0.25, 0.3) is 5.91 Å². The second kappa shape index (κ2) is 2.82. The summed E-state index contributed by atoms with van der Waals surface area (Å²) in [5.74, 6) is -2.80. The van der Waals surface area contributed by atoms with Gasteiger partial charge in [0, 0.05) is 0 Å². The largest absolute Gasteiger partial charge is 0.363 e. The molecule has 1 unspecified atom stereocenters. The van der Waals surface area contributed by atoms with Crippen LogP contribution in [0.1, 0.15) is 6.92 Å². The molecular formula is C5H6N2O2. The minimum absolute atomic E-state index is 0.836. The molecule has 0 aromatic carbocycles. The number of hydrogen-bond acceptors (Lipinski definition) is 3. The summed E-state index contributed by atoms with van der Waals surface area (Å²) >= 11 is 0. The van der Waals surface area contributed by atoms with Crippen LogP contribution in [0.15, 0.2) is 0 Å². The Bertz CT molecular complexity index is 180. The van der Waals surface area contributed by atoms with E-state index in [1.54, 1.807) is 6.07 Å². The standard InChI is InChI=1S/C5H6N2O2/c1-3(2-6)4(8)5(7)9/h3H,1H3,(H2,7,9). The zero-order chi connectivity index (χ0) is 7.44. The number of carbonyl (C=O) groups excluding carboxylic acids is 2. The number of ketones is 1. The van der Waals surface area contributed by atoms with Crippen molar-refractivity contribution in [1.29, 1.82) is 5.26 Å². The maximum Gasteiger partial charge on any atom is 0.286 e. The third-order valence-electron chi connectivity index (χ3n) is 0.830. The lowest BCUT2D eigenvalue weighted by atomic mass is 10.1. The molecule has 1 amide bonds. The first-order valence-electron chi connectivity index (χ1n) is 2.33. The van der Waals surface area contributed by atoms with Crippen LogP contribution >= 0.6 is 0 Å². The molecule has 0 aromatic heterocycles. The summed E-state index contributed by atoms with van der Waals surface area (Å²) in [5.41, 5.74) is 4.57. The maximum atomic E-state index is 10.4. The molecule has 0 bridgehead atoms. The number of nitrogens with two attached hydrogens (primary N) is 1. The van der Waals surface area contributed by atoms with Crippen molar-refractivity contribution in [3.63, 3.8) is 0 Å². The van der Waals surface area contributed by atoms with Crippen LogP contribution in [0.4, 0.5) is 0 Å². The predicted molar refractivity (Wildman–Crippen MR) is 29.0 cm³/mol. The van der Waals surface area contributed by atoms with Crippen molar-refractivity contribution in [2.75, 3.05) is 0 Å². The van der Waals surface area contributed by atoms with E-state index in [2.05, 4.69) is 5.73 Å². The van der Waals surface area contributed by atoms with E-state index < -0.39 is 17.6 Å². The molecule has 0 aliphatic heterocycles. The number of primary amides is 1. The van der Waals surface area contributed by atoms with Crippen LogP contribution in [-0.2, 0) is 9.59 Å². The van der Waals surface area contributed by atoms with Gasteiger partial charge in [0.15, 0.2) is 0 Å². The summed E-state index contributed by atoms with van der Waals surface area (Å²) in [4.78, 5) is 20.4. The van der Waals surface area contributed by atoms with Gasteiger partial charge < -0.3 is 5.73 Å². The highest BCUT2D eigenvalue weighted by molar-refractivity contribution is 6.36. The number of Topliss-reactive ketones (excluding diaryl/α,β-unsaturated/α-hetero) is 1. The quantitative estimate of drug-likeness (QED) is 0.491. The molecular weight excluding hydrogens is 120 g/mol. The zero-order valence-corrected chi connectivity index (χ0v) is 4.92. The highest BCUT2D eigenvalue weighted by Gasteiger charge is 2.16. The van der Waals surface area contributed by atoms with Gasteiger partial charge in [0.2, 0.25) is 5.78 Å². The average molecular weight is 126 g/mol. The van der Waals surface area contributed by atoms with E-state index in [0.29, 0.717) is 0 Å². The lowest BCUT2D eigenvalue weighted by molar-refractivity contribution is -0.137. The molecule has 0 fully saturated rings. The number of nitriles is 1. The highest BCUT2D eigenvalue weighted by atomic mass is 16.2. The second-order valence-electron chi connectivity index (χ2n) is 1.58. The summed E-state index contributed by atoms with van der Waals surface area (Å²) in [6.07, 6.45) is 0. The third-order valence-corrected chi connectivity index (χ3v) is 0.830. The van der Waals surface area contributed by atoms with Crippen molar-refractivity contribution >= 4 is 11.7 Å². The Morgan fingerprint density at radius 3 is 2.22 bits per heavy atom. The molecule has 48 valence electrons. The Morgan fingerprint density at radius 2 is 2.11 bits per heavy atom. The smallest absolute Gasteiger partial charge is 0.286 e. The van der Waals surface area contributed by atoms with Gasteiger partial charge >= 0.3 is 0 Å². The number of carbonyl (C=O) groups is 2. The van der Waals surface area contributed by atoms with Crippen molar-refractivity contribution < 1.29 is 9.59 Å². The van der Waals surface area contributed by atoms with Gasteiger partial charge in [-0.05, 0) is 6.92 Å². The van der Waals surface area contributed by atoms with Gasteiger partial charge in [-0.15, -0.1) is 0 Å². The molecule has 0 aromatic rings. The van der Waals surface area contributed by atoms with Crippen molar-refractivity contribution in [3.05, 3.63) is 0 Å². The van der Waals surface area contributed by atoms with Crippen LogP contribution in [0.3, 0.4) is 0 Å². The van der Waals surface area contributed by atoms with Crippen molar-refractivity contribution in [2.45, 2.75) is 6.92 Å². The van der Waals surface area contributed by atoms with Gasteiger partial charge in [0.05, 0.1) is 6.07 Å². The number of nitrogens with zero attached hydrogens (tertiary/aromatic N) is 1. The van der Waals surface area contributed by atoms with Crippen LogP contribution in [0.25, 0.3) is 0 Å². The van der Waals surface area contributed by atoms with Crippen molar-refractivity contribution in [3.8, 4) is 6.07 Å². The van der Waals surface area contributed by atoms with Crippen molar-refractivity contribution in [1.82, 2.24) is 0 Å². The Hall–Kier alpha value is -1.37. The number of hydrogen-bond donors (Lipinski definition) is 1. The SMILES string of the molecule is CC(C#N)C(=O)C(N)=O. The number of amides is 1. The Kier molecular flexibility index (Phi) is 2.39. The molecule has 0 heterocycles. The average Bonchev–Trinajstić information content (AvgIpc) is 1.84. The topological polar surface area (TPSA) is 83.9 Å². The fraction of sp³-hybridized carbons (Fsp3) is 0.400. The normalized spacial score (nSPS) is 11.6. The Morgan fingerprint density at radius 1 is 1.67 bits per heavy atom. The summed E-state index contributed by atoms with van der Waals surface area (Å²) in [5, 5.41) is 8.08. The van der Waals surface area contributed by atoms with Crippen LogP contribution in [0.5, 0.6) is 0 Å². The summed E-state index contributed by atoms with van der Waals surface area (Å²) in [7, 11) is 0. The van der Waals surface area contributed by atoms with Gasteiger partial charge in [-0.1, -0.05) is 0 Å². The molecule has 9 heavy (non-hydrogen) atoms. The fourth-order valence-electron chi connectivity index (χ4n) is 0.272. The summed E-state index contributed by atoms with van der Waals surface area (Å²) in [6.45, 7) is 1.33. The van der Waals surface area contributed by atoms with E-state index in [4.69, 9.17) is 5.26 Å². The third kappa shape index (κ3) is 1.91. The molecule has 0 radical (unpaired) electrons. The molecule has 0 rings (SSSR count). The molecule has 0 aliphatic rings. The maximum absolute atomic E-state index is 10.4. The minimum atomic E-state index is -1.05. The first-order valence-corrected chi connectivity index (χ1v) is 2.33. The Balaban J connectivity index is 4.09. The van der Waals surface area contributed by atoms with E-state index in [-0.39, 0.29) is 0 Å². The molecule has 4 heteroatoms. The molecule has 0 aliphatic carbocycles. The van der Waals surface area contributed by atoms with Crippen molar-refractivity contribution in [2.24, 2.45) is 11.7 Å². The first-order chi connectivity index (χ1) is 4.09. The molecule has 4 nitrogen and oxygen atoms in total. The predicted octanol–water partition coefficient (Wildman–Crippen LogP) is -0.800. The van der Waals surface area contributed by atoms with Gasteiger partial charge in [-0.3, -0.25) is 9.59 Å². The monoisotopic (exact) mass is 126 g/mol. The lowest BCUT2D eigenvalue weighted by Gasteiger charge is -1.92. The number of rotatable bonds is 2. The molecule has 2 N–H and O–H groups in total. The van der Waals surface area contributed by atoms with Crippen LogP contribution in [-0.4, -0.2) is 11.7 Å². The fourth-order valence-corrected chi connectivity index (χ4v) is 0.272. The van der Waals surface area contributed by atoms with E-state index in [1.807, 2.05) is 0 Å². The first kappa shape index (κ1) is 7.63. The van der Waals surface area contributed by atoms with E-state index in [1.165, 1.54) is 6.92 Å². The van der Waals surface area contributed by atoms with Gasteiger partial charge in [-0.2, -0.15) is 5.26 Å². The van der Waals surface area contributed by atoms with Crippen LogP contribution < -0.4 is 5.73 Å². The summed E-state index contributed by atoms with van der Waals surface area (Å²) < 4.78 is 0. The molecule has 0 saturated heterocycles. The van der Waals surface area contributed by atoms with E-state index in [0.717, 1.165) is 0 Å². The van der Waals surface area contributed by atoms with E-state index >= 15 is 0 Å².